The molecule has 0 unspecified atom stereocenters. The zero-order valence-electron chi connectivity index (χ0n) is 7.64. The van der Waals surface area contributed by atoms with Crippen LogP contribution in [0.15, 0.2) is 30.3 Å². The SMILES string of the molecule is CCN(OC=O)c1ccccc1.[Zn]. The molecule has 0 aliphatic rings. The number of hydroxylamine groups is 1. The molecule has 0 bridgehead atoms. The van der Waals surface area contributed by atoms with Crippen molar-refractivity contribution < 1.29 is 29.1 Å². The summed E-state index contributed by atoms with van der Waals surface area (Å²) in [5.74, 6) is 0. The Hall–Kier alpha value is -0.887. The monoisotopic (exact) mass is 229 g/mol. The Morgan fingerprint density at radius 1 is 1.38 bits per heavy atom. The maximum Gasteiger partial charge on any atom is 0.320 e. The number of carbonyl (C=O) groups excluding carboxylic acids is 1. The summed E-state index contributed by atoms with van der Waals surface area (Å²) in [7, 11) is 0. The van der Waals surface area contributed by atoms with Crippen molar-refractivity contribution in [1.29, 1.82) is 0 Å². The molecular weight excluding hydrogens is 219 g/mol. The van der Waals surface area contributed by atoms with E-state index >= 15 is 0 Å². The summed E-state index contributed by atoms with van der Waals surface area (Å²) in [6.07, 6.45) is 0. The molecule has 0 saturated carbocycles. The van der Waals surface area contributed by atoms with Gasteiger partial charge in [0, 0.05) is 19.5 Å². The van der Waals surface area contributed by atoms with Crippen LogP contribution >= 0.6 is 0 Å². The van der Waals surface area contributed by atoms with E-state index in [0.29, 0.717) is 13.0 Å². The fourth-order valence-corrected chi connectivity index (χ4v) is 0.964. The van der Waals surface area contributed by atoms with Crippen LogP contribution in [-0.2, 0) is 29.1 Å². The van der Waals surface area contributed by atoms with Crippen LogP contribution in [0.5, 0.6) is 0 Å². The number of benzene rings is 1. The minimum atomic E-state index is 0. The molecule has 0 aliphatic carbocycles. The summed E-state index contributed by atoms with van der Waals surface area (Å²) in [5.41, 5.74) is 0.882. The Morgan fingerprint density at radius 2 is 2.00 bits per heavy atom. The third-order valence-corrected chi connectivity index (χ3v) is 1.50. The summed E-state index contributed by atoms with van der Waals surface area (Å²) in [6.45, 7) is 2.98. The van der Waals surface area contributed by atoms with E-state index in [1.54, 1.807) is 0 Å². The van der Waals surface area contributed by atoms with E-state index in [-0.39, 0.29) is 19.5 Å². The quantitative estimate of drug-likeness (QED) is 0.447. The molecule has 1 rings (SSSR count). The number of hydrogen-bond acceptors (Lipinski definition) is 3. The minimum absolute atomic E-state index is 0. The van der Waals surface area contributed by atoms with Crippen molar-refractivity contribution in [3.05, 3.63) is 30.3 Å². The first kappa shape index (κ1) is 12.1. The van der Waals surface area contributed by atoms with Crippen molar-refractivity contribution in [3.8, 4) is 0 Å². The summed E-state index contributed by atoms with van der Waals surface area (Å²) in [6, 6.07) is 9.47. The Morgan fingerprint density at radius 3 is 2.46 bits per heavy atom. The van der Waals surface area contributed by atoms with E-state index in [1.807, 2.05) is 37.3 Å². The topological polar surface area (TPSA) is 29.5 Å². The van der Waals surface area contributed by atoms with Crippen LogP contribution in [0.3, 0.4) is 0 Å². The molecule has 0 atom stereocenters. The van der Waals surface area contributed by atoms with Crippen molar-refractivity contribution in [2.45, 2.75) is 6.92 Å². The predicted molar refractivity (Wildman–Crippen MR) is 46.6 cm³/mol. The molecule has 0 radical (unpaired) electrons. The van der Waals surface area contributed by atoms with Crippen molar-refractivity contribution >= 4 is 12.2 Å². The van der Waals surface area contributed by atoms with Gasteiger partial charge in [-0.15, -0.1) is 0 Å². The third kappa shape index (κ3) is 3.55. The van der Waals surface area contributed by atoms with E-state index in [0.717, 1.165) is 5.69 Å². The Bertz CT molecular complexity index is 241. The molecule has 66 valence electrons. The van der Waals surface area contributed by atoms with Crippen LogP contribution in [0.2, 0.25) is 0 Å². The first-order valence-corrected chi connectivity index (χ1v) is 3.81. The van der Waals surface area contributed by atoms with Crippen LogP contribution in [0.1, 0.15) is 6.92 Å². The second-order valence-corrected chi connectivity index (χ2v) is 2.23. The Labute approximate surface area is 90.4 Å². The Kier molecular flexibility index (Phi) is 6.16. The number of hydrogen-bond donors (Lipinski definition) is 0. The van der Waals surface area contributed by atoms with Crippen LogP contribution in [0, 0.1) is 0 Å². The van der Waals surface area contributed by atoms with E-state index in [2.05, 4.69) is 0 Å². The van der Waals surface area contributed by atoms with Gasteiger partial charge < -0.3 is 4.84 Å². The molecule has 0 aliphatic heterocycles. The molecule has 1 aromatic rings. The molecule has 1 aromatic carbocycles. The zero-order chi connectivity index (χ0) is 8.81. The molecule has 0 spiro atoms. The molecule has 3 nitrogen and oxygen atoms in total. The van der Waals surface area contributed by atoms with Crippen molar-refractivity contribution in [1.82, 2.24) is 0 Å². The zero-order valence-corrected chi connectivity index (χ0v) is 10.6. The van der Waals surface area contributed by atoms with Gasteiger partial charge in [0.2, 0.25) is 0 Å². The third-order valence-electron chi connectivity index (χ3n) is 1.50. The van der Waals surface area contributed by atoms with Gasteiger partial charge in [0.15, 0.2) is 0 Å². The normalized spacial score (nSPS) is 8.38. The summed E-state index contributed by atoms with van der Waals surface area (Å²) in [4.78, 5) is 14.8. The molecule has 0 aromatic heterocycles. The summed E-state index contributed by atoms with van der Waals surface area (Å²) >= 11 is 0. The number of para-hydroxylation sites is 1. The molecule has 0 N–H and O–H groups in total. The van der Waals surface area contributed by atoms with Crippen LogP contribution in [0.4, 0.5) is 5.69 Å². The molecule has 13 heavy (non-hydrogen) atoms. The number of anilines is 1. The van der Waals surface area contributed by atoms with Crippen molar-refractivity contribution in [2.24, 2.45) is 0 Å². The fourth-order valence-electron chi connectivity index (χ4n) is 0.964. The average molecular weight is 231 g/mol. The van der Waals surface area contributed by atoms with Gasteiger partial charge in [-0.2, -0.15) is 0 Å². The first-order chi connectivity index (χ1) is 5.88. The number of carbonyl (C=O) groups is 1. The second kappa shape index (κ2) is 6.61. The van der Waals surface area contributed by atoms with Crippen LogP contribution in [-0.4, -0.2) is 13.0 Å². The first-order valence-electron chi connectivity index (χ1n) is 3.81. The van der Waals surface area contributed by atoms with E-state index in [9.17, 15) is 4.79 Å². The molecular formula is C9H11NO2Zn. The van der Waals surface area contributed by atoms with Gasteiger partial charge in [0.25, 0.3) is 0 Å². The molecule has 0 amide bonds. The fraction of sp³-hybridized carbons (Fsp3) is 0.222. The van der Waals surface area contributed by atoms with Gasteiger partial charge in [0.05, 0.1) is 12.2 Å². The number of nitrogens with zero attached hydrogens (tertiary/aromatic N) is 1. The van der Waals surface area contributed by atoms with Gasteiger partial charge >= 0.3 is 6.47 Å². The summed E-state index contributed by atoms with van der Waals surface area (Å²) in [5, 5.41) is 1.52. The smallest absolute Gasteiger partial charge is 0.320 e. The van der Waals surface area contributed by atoms with Gasteiger partial charge in [0.1, 0.15) is 0 Å². The largest absolute Gasteiger partial charge is 0.344 e. The van der Waals surface area contributed by atoms with Crippen molar-refractivity contribution in [2.75, 3.05) is 11.6 Å². The molecule has 0 heterocycles. The minimum Gasteiger partial charge on any atom is -0.344 e. The van der Waals surface area contributed by atoms with E-state index < -0.39 is 0 Å². The Balaban J connectivity index is 0.00000144. The van der Waals surface area contributed by atoms with Gasteiger partial charge in [-0.1, -0.05) is 18.2 Å². The van der Waals surface area contributed by atoms with Gasteiger partial charge in [-0.25, -0.2) is 5.06 Å². The van der Waals surface area contributed by atoms with E-state index in [4.69, 9.17) is 4.84 Å². The van der Waals surface area contributed by atoms with Gasteiger partial charge in [-0.3, -0.25) is 4.79 Å². The maximum absolute atomic E-state index is 10.1. The average Bonchev–Trinajstić information content (AvgIpc) is 2.15. The second-order valence-electron chi connectivity index (χ2n) is 2.23. The van der Waals surface area contributed by atoms with Gasteiger partial charge in [-0.05, 0) is 19.1 Å². The summed E-state index contributed by atoms with van der Waals surface area (Å²) < 4.78 is 0. The van der Waals surface area contributed by atoms with Crippen LogP contribution in [0.25, 0.3) is 0 Å². The van der Waals surface area contributed by atoms with Crippen molar-refractivity contribution in [3.63, 3.8) is 0 Å². The molecule has 0 saturated heterocycles. The standard InChI is InChI=1S/C9H11NO2.Zn/c1-2-10(12-8-11)9-6-4-3-5-7-9;/h3-8H,2H2,1H3;. The predicted octanol–water partition coefficient (Wildman–Crippen LogP) is 1.60. The molecule has 0 fully saturated rings. The number of rotatable bonds is 4. The van der Waals surface area contributed by atoms with Crippen LogP contribution < -0.4 is 5.06 Å². The molecule has 4 heteroatoms. The maximum atomic E-state index is 10.1. The van der Waals surface area contributed by atoms with E-state index in [1.165, 1.54) is 5.06 Å².